The van der Waals surface area contributed by atoms with E-state index < -0.39 is 0 Å². The molecule has 152 valence electrons. The fourth-order valence-electron chi connectivity index (χ4n) is 2.70. The standard InChI is InChI=1S/C21H30N4O3/c1-6-22-21(24-15-17-8-10-20(28-5)23-14-17)25(2)12-11-16-7-9-18(26-3)19(13-16)27-4/h7-10,13-14H,6,11-12,15H2,1-5H3,(H,22,24). The zero-order valence-corrected chi connectivity index (χ0v) is 17.4. The topological polar surface area (TPSA) is 68.2 Å². The summed E-state index contributed by atoms with van der Waals surface area (Å²) in [6.45, 7) is 4.25. The van der Waals surface area contributed by atoms with Crippen LogP contribution < -0.4 is 19.5 Å². The Morgan fingerprint density at radius 2 is 1.79 bits per heavy atom. The van der Waals surface area contributed by atoms with Crippen molar-refractivity contribution < 1.29 is 14.2 Å². The molecule has 2 rings (SSSR count). The fraction of sp³-hybridized carbons (Fsp3) is 0.429. The summed E-state index contributed by atoms with van der Waals surface area (Å²) in [5.41, 5.74) is 2.21. The Bertz CT molecular complexity index is 763. The Morgan fingerprint density at radius 1 is 1.04 bits per heavy atom. The molecule has 0 saturated carbocycles. The van der Waals surface area contributed by atoms with Gasteiger partial charge in [0.2, 0.25) is 5.88 Å². The number of rotatable bonds is 9. The monoisotopic (exact) mass is 386 g/mol. The van der Waals surface area contributed by atoms with Crippen molar-refractivity contribution in [1.29, 1.82) is 0 Å². The van der Waals surface area contributed by atoms with Gasteiger partial charge in [-0.25, -0.2) is 9.98 Å². The van der Waals surface area contributed by atoms with Gasteiger partial charge in [0.1, 0.15) is 0 Å². The van der Waals surface area contributed by atoms with E-state index in [0.29, 0.717) is 12.4 Å². The maximum atomic E-state index is 5.38. The molecule has 0 aliphatic heterocycles. The normalized spacial score (nSPS) is 11.1. The minimum absolute atomic E-state index is 0.556. The van der Waals surface area contributed by atoms with E-state index in [-0.39, 0.29) is 0 Å². The number of pyridine rings is 1. The second-order valence-corrected chi connectivity index (χ2v) is 6.24. The molecule has 0 atom stereocenters. The van der Waals surface area contributed by atoms with Crippen LogP contribution in [0.1, 0.15) is 18.1 Å². The summed E-state index contributed by atoms with van der Waals surface area (Å²) in [6, 6.07) is 9.83. The van der Waals surface area contributed by atoms with Crippen LogP contribution in [-0.4, -0.2) is 57.3 Å². The van der Waals surface area contributed by atoms with Crippen LogP contribution in [0.2, 0.25) is 0 Å². The number of guanidine groups is 1. The van der Waals surface area contributed by atoms with Crippen molar-refractivity contribution in [1.82, 2.24) is 15.2 Å². The number of aromatic nitrogens is 1. The van der Waals surface area contributed by atoms with Crippen molar-refractivity contribution >= 4 is 5.96 Å². The second kappa shape index (κ2) is 11.0. The van der Waals surface area contributed by atoms with Crippen LogP contribution >= 0.6 is 0 Å². The van der Waals surface area contributed by atoms with Crippen LogP contribution in [0.25, 0.3) is 0 Å². The van der Waals surface area contributed by atoms with E-state index in [2.05, 4.69) is 28.2 Å². The third kappa shape index (κ3) is 6.04. The predicted octanol–water partition coefficient (Wildman–Crippen LogP) is 2.75. The number of hydrogen-bond donors (Lipinski definition) is 1. The fourth-order valence-corrected chi connectivity index (χ4v) is 2.70. The molecule has 0 unspecified atom stereocenters. The molecular formula is C21H30N4O3. The first-order valence-electron chi connectivity index (χ1n) is 9.30. The highest BCUT2D eigenvalue weighted by Gasteiger charge is 2.08. The summed E-state index contributed by atoms with van der Waals surface area (Å²) >= 11 is 0. The number of ether oxygens (including phenoxy) is 3. The summed E-state index contributed by atoms with van der Waals surface area (Å²) in [4.78, 5) is 11.1. The lowest BCUT2D eigenvalue weighted by Gasteiger charge is -2.22. The first kappa shape index (κ1) is 21.3. The Hall–Kier alpha value is -2.96. The highest BCUT2D eigenvalue weighted by molar-refractivity contribution is 5.79. The molecule has 1 aromatic carbocycles. The highest BCUT2D eigenvalue weighted by Crippen LogP contribution is 2.27. The van der Waals surface area contributed by atoms with Crippen LogP contribution in [-0.2, 0) is 13.0 Å². The third-order valence-corrected chi connectivity index (χ3v) is 4.30. The van der Waals surface area contributed by atoms with Crippen molar-refractivity contribution in [2.75, 3.05) is 41.5 Å². The predicted molar refractivity (Wildman–Crippen MR) is 111 cm³/mol. The molecule has 0 fully saturated rings. The largest absolute Gasteiger partial charge is 0.493 e. The molecule has 0 radical (unpaired) electrons. The SMILES string of the molecule is CCNC(=NCc1ccc(OC)nc1)N(C)CCc1ccc(OC)c(OC)c1. The molecule has 2 aromatic rings. The number of likely N-dealkylation sites (N-methyl/N-ethyl adjacent to an activating group) is 1. The van der Waals surface area contributed by atoms with Crippen LogP contribution in [0, 0.1) is 0 Å². The summed E-state index contributed by atoms with van der Waals surface area (Å²) < 4.78 is 15.8. The van der Waals surface area contributed by atoms with Gasteiger partial charge in [0, 0.05) is 32.4 Å². The van der Waals surface area contributed by atoms with E-state index in [0.717, 1.165) is 42.5 Å². The third-order valence-electron chi connectivity index (χ3n) is 4.30. The molecule has 1 N–H and O–H groups in total. The molecule has 7 nitrogen and oxygen atoms in total. The Kier molecular flexibility index (Phi) is 8.39. The van der Waals surface area contributed by atoms with Gasteiger partial charge in [-0.1, -0.05) is 12.1 Å². The number of nitrogens with zero attached hydrogens (tertiary/aromatic N) is 3. The van der Waals surface area contributed by atoms with Gasteiger partial charge in [0.15, 0.2) is 17.5 Å². The Morgan fingerprint density at radius 3 is 2.39 bits per heavy atom. The summed E-state index contributed by atoms with van der Waals surface area (Å²) in [5.74, 6) is 2.95. The van der Waals surface area contributed by atoms with Gasteiger partial charge < -0.3 is 24.4 Å². The van der Waals surface area contributed by atoms with Crippen molar-refractivity contribution in [3.63, 3.8) is 0 Å². The number of methoxy groups -OCH3 is 3. The van der Waals surface area contributed by atoms with Crippen LogP contribution in [0.5, 0.6) is 17.4 Å². The van der Waals surface area contributed by atoms with Gasteiger partial charge in [-0.05, 0) is 36.6 Å². The molecule has 0 aliphatic rings. The lowest BCUT2D eigenvalue weighted by atomic mass is 10.1. The van der Waals surface area contributed by atoms with Crippen LogP contribution in [0.4, 0.5) is 0 Å². The molecule has 0 aliphatic carbocycles. The van der Waals surface area contributed by atoms with Gasteiger partial charge in [-0.2, -0.15) is 0 Å². The molecular weight excluding hydrogens is 356 g/mol. The van der Waals surface area contributed by atoms with E-state index in [9.17, 15) is 0 Å². The summed E-state index contributed by atoms with van der Waals surface area (Å²) in [5, 5.41) is 3.34. The van der Waals surface area contributed by atoms with E-state index in [4.69, 9.17) is 19.2 Å². The van der Waals surface area contributed by atoms with Gasteiger partial charge in [-0.15, -0.1) is 0 Å². The van der Waals surface area contributed by atoms with Crippen LogP contribution in [0.3, 0.4) is 0 Å². The van der Waals surface area contributed by atoms with Crippen molar-refractivity contribution in [3.8, 4) is 17.4 Å². The molecule has 0 bridgehead atoms. The molecule has 28 heavy (non-hydrogen) atoms. The molecule has 0 spiro atoms. The van der Waals surface area contributed by atoms with Crippen molar-refractivity contribution in [3.05, 3.63) is 47.7 Å². The number of hydrogen-bond acceptors (Lipinski definition) is 5. The molecule has 1 aromatic heterocycles. The first-order valence-corrected chi connectivity index (χ1v) is 9.30. The quantitative estimate of drug-likeness (QED) is 0.528. The van der Waals surface area contributed by atoms with E-state index in [1.807, 2.05) is 31.3 Å². The highest BCUT2D eigenvalue weighted by atomic mass is 16.5. The van der Waals surface area contributed by atoms with Gasteiger partial charge in [-0.3, -0.25) is 0 Å². The zero-order chi connectivity index (χ0) is 20.4. The van der Waals surface area contributed by atoms with E-state index in [1.54, 1.807) is 27.5 Å². The zero-order valence-electron chi connectivity index (χ0n) is 17.4. The average Bonchev–Trinajstić information content (AvgIpc) is 2.74. The lowest BCUT2D eigenvalue weighted by molar-refractivity contribution is 0.354. The summed E-state index contributed by atoms with van der Waals surface area (Å²) in [7, 11) is 6.94. The van der Waals surface area contributed by atoms with Crippen molar-refractivity contribution in [2.45, 2.75) is 19.9 Å². The van der Waals surface area contributed by atoms with E-state index >= 15 is 0 Å². The molecule has 1 heterocycles. The minimum Gasteiger partial charge on any atom is -0.493 e. The maximum Gasteiger partial charge on any atom is 0.212 e. The number of aliphatic imine (C=N–C) groups is 1. The lowest BCUT2D eigenvalue weighted by Crippen LogP contribution is -2.39. The number of nitrogens with one attached hydrogen (secondary N) is 1. The summed E-state index contributed by atoms with van der Waals surface area (Å²) in [6.07, 6.45) is 2.65. The minimum atomic E-state index is 0.556. The van der Waals surface area contributed by atoms with Gasteiger partial charge in [0.25, 0.3) is 0 Å². The Labute approximate surface area is 167 Å². The maximum absolute atomic E-state index is 5.38. The van der Waals surface area contributed by atoms with E-state index in [1.165, 1.54) is 5.56 Å². The second-order valence-electron chi connectivity index (χ2n) is 6.24. The number of benzene rings is 1. The Balaban J connectivity index is 2.00. The molecule has 0 amide bonds. The first-order chi connectivity index (χ1) is 13.6. The van der Waals surface area contributed by atoms with Gasteiger partial charge in [0.05, 0.1) is 27.9 Å². The molecule has 0 saturated heterocycles. The smallest absolute Gasteiger partial charge is 0.212 e. The van der Waals surface area contributed by atoms with Crippen LogP contribution in [0.15, 0.2) is 41.5 Å². The van der Waals surface area contributed by atoms with Crippen molar-refractivity contribution in [2.24, 2.45) is 4.99 Å². The molecule has 7 heteroatoms. The average molecular weight is 386 g/mol. The van der Waals surface area contributed by atoms with Gasteiger partial charge >= 0.3 is 0 Å².